The van der Waals surface area contributed by atoms with E-state index in [1.807, 2.05) is 20.8 Å². The molecule has 0 radical (unpaired) electrons. The van der Waals surface area contributed by atoms with Crippen molar-refractivity contribution in [3.8, 4) is 0 Å². The van der Waals surface area contributed by atoms with Crippen LogP contribution in [-0.2, 0) is 0 Å². The Morgan fingerprint density at radius 2 is 2.08 bits per heavy atom. The van der Waals surface area contributed by atoms with Crippen molar-refractivity contribution in [2.45, 2.75) is 46.6 Å². The lowest BCUT2D eigenvalue weighted by molar-refractivity contribution is 0.438. The van der Waals surface area contributed by atoms with Crippen LogP contribution in [0.2, 0.25) is 0 Å². The largest absolute Gasteiger partial charge is 0.269 e. The Morgan fingerprint density at radius 1 is 1.46 bits per heavy atom. The standard InChI is InChI=1S/C9H14N2.C2H6/c1-7-5-6-11(10-7)8(2)9-3-4-9;1-2/h5-6,8-9H,3-4H2,1-2H3;1-2H3. The first-order valence-corrected chi connectivity index (χ1v) is 5.29. The summed E-state index contributed by atoms with van der Waals surface area (Å²) in [5, 5.41) is 4.39. The third-order valence-corrected chi connectivity index (χ3v) is 2.46. The number of aromatic nitrogens is 2. The Kier molecular flexibility index (Phi) is 3.52. The van der Waals surface area contributed by atoms with E-state index in [4.69, 9.17) is 0 Å². The highest BCUT2D eigenvalue weighted by atomic mass is 15.3. The fourth-order valence-electron chi connectivity index (χ4n) is 1.45. The van der Waals surface area contributed by atoms with Gasteiger partial charge in [0.15, 0.2) is 0 Å². The van der Waals surface area contributed by atoms with E-state index in [1.54, 1.807) is 0 Å². The van der Waals surface area contributed by atoms with Gasteiger partial charge in [-0.3, -0.25) is 4.68 Å². The zero-order valence-electron chi connectivity index (χ0n) is 9.12. The minimum atomic E-state index is 0.615. The molecule has 1 aliphatic rings. The van der Waals surface area contributed by atoms with Crippen molar-refractivity contribution in [2.24, 2.45) is 5.92 Å². The Labute approximate surface area is 81.0 Å². The zero-order valence-corrected chi connectivity index (χ0v) is 9.12. The summed E-state index contributed by atoms with van der Waals surface area (Å²) in [6.07, 6.45) is 4.86. The van der Waals surface area contributed by atoms with E-state index in [0.717, 1.165) is 11.6 Å². The summed E-state index contributed by atoms with van der Waals surface area (Å²) in [5.41, 5.74) is 1.12. The van der Waals surface area contributed by atoms with Crippen molar-refractivity contribution in [3.63, 3.8) is 0 Å². The monoisotopic (exact) mass is 180 g/mol. The van der Waals surface area contributed by atoms with E-state index < -0.39 is 0 Å². The third-order valence-electron chi connectivity index (χ3n) is 2.46. The molecule has 1 atom stereocenters. The Morgan fingerprint density at radius 3 is 2.46 bits per heavy atom. The molecule has 0 spiro atoms. The lowest BCUT2D eigenvalue weighted by Crippen LogP contribution is -2.07. The summed E-state index contributed by atoms with van der Waals surface area (Å²) in [6.45, 7) is 8.29. The van der Waals surface area contributed by atoms with Crippen LogP contribution in [0.3, 0.4) is 0 Å². The molecule has 2 heteroatoms. The highest BCUT2D eigenvalue weighted by molar-refractivity contribution is 4.97. The topological polar surface area (TPSA) is 17.8 Å². The number of hydrogen-bond acceptors (Lipinski definition) is 1. The van der Waals surface area contributed by atoms with E-state index in [9.17, 15) is 0 Å². The minimum Gasteiger partial charge on any atom is -0.269 e. The predicted molar refractivity (Wildman–Crippen MR) is 55.7 cm³/mol. The molecular formula is C11H20N2. The van der Waals surface area contributed by atoms with Gasteiger partial charge in [-0.15, -0.1) is 0 Å². The van der Waals surface area contributed by atoms with E-state index in [0.29, 0.717) is 6.04 Å². The van der Waals surface area contributed by atoms with Crippen molar-refractivity contribution < 1.29 is 0 Å². The second kappa shape index (κ2) is 4.45. The maximum atomic E-state index is 4.39. The Hall–Kier alpha value is -0.790. The molecule has 74 valence electrons. The molecular weight excluding hydrogens is 160 g/mol. The van der Waals surface area contributed by atoms with Gasteiger partial charge in [0.2, 0.25) is 0 Å². The van der Waals surface area contributed by atoms with Gasteiger partial charge in [-0.2, -0.15) is 5.10 Å². The van der Waals surface area contributed by atoms with Gasteiger partial charge in [0.05, 0.1) is 11.7 Å². The van der Waals surface area contributed by atoms with Crippen molar-refractivity contribution >= 4 is 0 Å². The molecule has 1 aromatic rings. The second-order valence-electron chi connectivity index (χ2n) is 3.52. The maximum absolute atomic E-state index is 4.39. The highest BCUT2D eigenvalue weighted by Gasteiger charge is 2.29. The van der Waals surface area contributed by atoms with Crippen LogP contribution in [0.25, 0.3) is 0 Å². The van der Waals surface area contributed by atoms with Crippen LogP contribution in [0.15, 0.2) is 12.3 Å². The van der Waals surface area contributed by atoms with Crippen LogP contribution >= 0.6 is 0 Å². The van der Waals surface area contributed by atoms with Crippen molar-refractivity contribution in [1.82, 2.24) is 9.78 Å². The molecule has 0 amide bonds. The molecule has 2 nitrogen and oxygen atoms in total. The van der Waals surface area contributed by atoms with Gasteiger partial charge in [-0.25, -0.2) is 0 Å². The summed E-state index contributed by atoms with van der Waals surface area (Å²) in [4.78, 5) is 0. The van der Waals surface area contributed by atoms with Crippen LogP contribution in [0.1, 0.15) is 45.3 Å². The van der Waals surface area contributed by atoms with E-state index in [-0.39, 0.29) is 0 Å². The van der Waals surface area contributed by atoms with Crippen molar-refractivity contribution in [3.05, 3.63) is 18.0 Å². The fourth-order valence-corrected chi connectivity index (χ4v) is 1.45. The molecule has 1 aromatic heterocycles. The summed E-state index contributed by atoms with van der Waals surface area (Å²) in [6, 6.07) is 2.68. The lowest BCUT2D eigenvalue weighted by Gasteiger charge is -2.09. The van der Waals surface area contributed by atoms with E-state index >= 15 is 0 Å². The Balaban J connectivity index is 0.000000396. The molecule has 1 fully saturated rings. The molecule has 1 unspecified atom stereocenters. The molecule has 13 heavy (non-hydrogen) atoms. The van der Waals surface area contributed by atoms with Crippen LogP contribution in [0.5, 0.6) is 0 Å². The molecule has 0 bridgehead atoms. The molecule has 1 saturated carbocycles. The summed E-state index contributed by atoms with van der Waals surface area (Å²) >= 11 is 0. The third kappa shape index (κ3) is 2.58. The highest BCUT2D eigenvalue weighted by Crippen LogP contribution is 2.38. The first-order valence-electron chi connectivity index (χ1n) is 5.29. The normalized spacial score (nSPS) is 17.5. The summed E-state index contributed by atoms with van der Waals surface area (Å²) in [5.74, 6) is 0.897. The molecule has 1 aliphatic carbocycles. The molecule has 2 rings (SSSR count). The van der Waals surface area contributed by atoms with E-state index in [1.165, 1.54) is 12.8 Å². The van der Waals surface area contributed by atoms with Gasteiger partial charge in [0, 0.05) is 6.20 Å². The number of aryl methyl sites for hydroxylation is 1. The predicted octanol–water partition coefficient (Wildman–Crippen LogP) is 3.19. The number of nitrogens with zero attached hydrogens (tertiary/aromatic N) is 2. The quantitative estimate of drug-likeness (QED) is 0.683. The van der Waals surface area contributed by atoms with Gasteiger partial charge in [0.1, 0.15) is 0 Å². The number of hydrogen-bond donors (Lipinski definition) is 0. The van der Waals surface area contributed by atoms with Crippen LogP contribution in [0, 0.1) is 12.8 Å². The van der Waals surface area contributed by atoms with Gasteiger partial charge < -0.3 is 0 Å². The average molecular weight is 180 g/mol. The van der Waals surface area contributed by atoms with Crippen molar-refractivity contribution in [1.29, 1.82) is 0 Å². The SMILES string of the molecule is CC.Cc1ccn(C(C)C2CC2)n1. The summed E-state index contributed by atoms with van der Waals surface area (Å²) < 4.78 is 2.09. The van der Waals surface area contributed by atoms with Gasteiger partial charge in [-0.05, 0) is 38.7 Å². The van der Waals surface area contributed by atoms with Gasteiger partial charge in [0.25, 0.3) is 0 Å². The maximum Gasteiger partial charge on any atom is 0.0593 e. The molecule has 0 aromatic carbocycles. The second-order valence-corrected chi connectivity index (χ2v) is 3.52. The molecule has 0 saturated heterocycles. The van der Waals surface area contributed by atoms with Crippen LogP contribution in [0.4, 0.5) is 0 Å². The van der Waals surface area contributed by atoms with Crippen LogP contribution < -0.4 is 0 Å². The number of rotatable bonds is 2. The van der Waals surface area contributed by atoms with Crippen molar-refractivity contribution in [2.75, 3.05) is 0 Å². The van der Waals surface area contributed by atoms with Gasteiger partial charge in [-0.1, -0.05) is 13.8 Å². The first kappa shape index (κ1) is 10.3. The Bertz CT molecular complexity index is 248. The molecule has 0 aliphatic heterocycles. The average Bonchev–Trinajstić information content (AvgIpc) is 2.92. The fraction of sp³-hybridized carbons (Fsp3) is 0.727. The smallest absolute Gasteiger partial charge is 0.0593 e. The zero-order chi connectivity index (χ0) is 9.84. The minimum absolute atomic E-state index is 0.615. The van der Waals surface area contributed by atoms with Crippen LogP contribution in [-0.4, -0.2) is 9.78 Å². The summed E-state index contributed by atoms with van der Waals surface area (Å²) in [7, 11) is 0. The lowest BCUT2D eigenvalue weighted by atomic mass is 10.2. The van der Waals surface area contributed by atoms with E-state index in [2.05, 4.69) is 29.0 Å². The first-order chi connectivity index (χ1) is 6.27. The van der Waals surface area contributed by atoms with Gasteiger partial charge >= 0.3 is 0 Å². The molecule has 0 N–H and O–H groups in total. The molecule has 1 heterocycles.